The van der Waals surface area contributed by atoms with Crippen molar-refractivity contribution in [1.82, 2.24) is 19.7 Å². The van der Waals surface area contributed by atoms with Crippen LogP contribution in [0.1, 0.15) is 30.1 Å². The number of nitrogens with one attached hydrogen (secondary N) is 1. The number of carbonyl (C=O) groups excluding carboxylic acids is 2. The zero-order chi connectivity index (χ0) is 18.7. The van der Waals surface area contributed by atoms with Gasteiger partial charge in [0, 0.05) is 45.3 Å². The van der Waals surface area contributed by atoms with Gasteiger partial charge >= 0.3 is 11.8 Å². The number of urea groups is 1. The molecule has 0 radical (unpaired) electrons. The molecule has 1 saturated heterocycles. The highest BCUT2D eigenvalue weighted by Crippen LogP contribution is 2.16. The number of rotatable bonds is 3. The first kappa shape index (κ1) is 18.0. The molecule has 3 amide bonds. The van der Waals surface area contributed by atoms with Crippen LogP contribution in [-0.4, -0.2) is 59.0 Å². The maximum Gasteiger partial charge on any atom is 0.419 e. The molecular formula is C18H24N4O4. The topological polar surface area (TPSA) is 87.8 Å². The van der Waals surface area contributed by atoms with Crippen molar-refractivity contribution in [1.29, 1.82) is 0 Å². The molecule has 0 spiro atoms. The van der Waals surface area contributed by atoms with Crippen LogP contribution in [0.2, 0.25) is 0 Å². The molecule has 0 atom stereocenters. The van der Waals surface area contributed by atoms with Crippen LogP contribution >= 0.6 is 0 Å². The Hall–Kier alpha value is -2.77. The van der Waals surface area contributed by atoms with Gasteiger partial charge < -0.3 is 19.5 Å². The van der Waals surface area contributed by atoms with Crippen molar-refractivity contribution in [2.45, 2.75) is 19.8 Å². The third-order valence-corrected chi connectivity index (χ3v) is 4.63. The van der Waals surface area contributed by atoms with Gasteiger partial charge in [0.15, 0.2) is 5.58 Å². The van der Waals surface area contributed by atoms with E-state index in [0.29, 0.717) is 49.4 Å². The fourth-order valence-corrected chi connectivity index (χ4v) is 3.11. The second-order valence-electron chi connectivity index (χ2n) is 6.47. The Bertz CT molecular complexity index is 870. The Balaban J connectivity index is 1.71. The van der Waals surface area contributed by atoms with E-state index in [2.05, 4.69) is 5.32 Å². The zero-order valence-corrected chi connectivity index (χ0v) is 15.2. The highest BCUT2D eigenvalue weighted by Gasteiger charge is 2.23. The van der Waals surface area contributed by atoms with Gasteiger partial charge in [-0.3, -0.25) is 9.36 Å². The van der Waals surface area contributed by atoms with Crippen LogP contribution in [-0.2, 0) is 7.05 Å². The molecule has 0 unspecified atom stereocenters. The van der Waals surface area contributed by atoms with Gasteiger partial charge in [-0.25, -0.2) is 9.59 Å². The molecule has 1 N–H and O–H groups in total. The van der Waals surface area contributed by atoms with E-state index in [4.69, 9.17) is 4.42 Å². The van der Waals surface area contributed by atoms with E-state index in [0.717, 1.165) is 12.8 Å². The first-order valence-electron chi connectivity index (χ1n) is 8.93. The first-order valence-corrected chi connectivity index (χ1v) is 8.93. The van der Waals surface area contributed by atoms with E-state index in [1.54, 1.807) is 35.0 Å². The number of hydrogen-bond acceptors (Lipinski definition) is 4. The Morgan fingerprint density at radius 1 is 1.15 bits per heavy atom. The predicted molar refractivity (Wildman–Crippen MR) is 97.2 cm³/mol. The van der Waals surface area contributed by atoms with Gasteiger partial charge in [0.2, 0.25) is 0 Å². The third-order valence-electron chi connectivity index (χ3n) is 4.63. The Labute approximate surface area is 151 Å². The lowest BCUT2D eigenvalue weighted by Crippen LogP contribution is -2.42. The maximum absolute atomic E-state index is 12.9. The number of carbonyl (C=O) groups is 2. The van der Waals surface area contributed by atoms with Crippen LogP contribution in [0, 0.1) is 0 Å². The van der Waals surface area contributed by atoms with Crippen LogP contribution in [0.4, 0.5) is 4.79 Å². The maximum atomic E-state index is 12.9. The molecule has 1 fully saturated rings. The zero-order valence-electron chi connectivity index (χ0n) is 15.2. The molecule has 1 aromatic carbocycles. The van der Waals surface area contributed by atoms with Crippen LogP contribution in [0.3, 0.4) is 0 Å². The summed E-state index contributed by atoms with van der Waals surface area (Å²) in [5, 5.41) is 2.88. The van der Waals surface area contributed by atoms with Gasteiger partial charge in [0.25, 0.3) is 5.91 Å². The molecule has 26 heavy (non-hydrogen) atoms. The molecule has 1 aliphatic heterocycles. The van der Waals surface area contributed by atoms with Crippen molar-refractivity contribution in [2.24, 2.45) is 7.05 Å². The van der Waals surface area contributed by atoms with Crippen molar-refractivity contribution in [3.8, 4) is 0 Å². The SMILES string of the molecule is CCCNC(=O)N1CCCN(C(=O)c2ccc3oc(=O)n(C)c3c2)CC1. The molecular weight excluding hydrogens is 336 g/mol. The summed E-state index contributed by atoms with van der Waals surface area (Å²) in [6.07, 6.45) is 1.63. The second-order valence-corrected chi connectivity index (χ2v) is 6.47. The van der Waals surface area contributed by atoms with Crippen molar-refractivity contribution >= 4 is 23.0 Å². The fourth-order valence-electron chi connectivity index (χ4n) is 3.11. The lowest BCUT2D eigenvalue weighted by Gasteiger charge is -2.22. The van der Waals surface area contributed by atoms with E-state index < -0.39 is 5.76 Å². The number of aromatic nitrogens is 1. The van der Waals surface area contributed by atoms with Crippen LogP contribution < -0.4 is 11.1 Å². The number of hydrogen-bond donors (Lipinski definition) is 1. The van der Waals surface area contributed by atoms with Gasteiger partial charge in [0.1, 0.15) is 0 Å². The average Bonchev–Trinajstić information content (AvgIpc) is 2.83. The molecule has 1 aromatic heterocycles. The van der Waals surface area contributed by atoms with Crippen LogP contribution in [0.5, 0.6) is 0 Å². The Kier molecular flexibility index (Phi) is 5.29. The van der Waals surface area contributed by atoms with Crippen LogP contribution in [0.25, 0.3) is 11.1 Å². The predicted octanol–water partition coefficient (Wildman–Crippen LogP) is 1.40. The van der Waals surface area contributed by atoms with Gasteiger partial charge in [-0.05, 0) is 31.0 Å². The highest BCUT2D eigenvalue weighted by atomic mass is 16.4. The largest absolute Gasteiger partial charge is 0.419 e. The minimum Gasteiger partial charge on any atom is -0.408 e. The Morgan fingerprint density at radius 3 is 2.65 bits per heavy atom. The van der Waals surface area contributed by atoms with E-state index in [1.807, 2.05) is 6.92 Å². The van der Waals surface area contributed by atoms with Gasteiger partial charge in [-0.2, -0.15) is 0 Å². The highest BCUT2D eigenvalue weighted by molar-refractivity contribution is 5.97. The van der Waals surface area contributed by atoms with Crippen molar-refractivity contribution in [3.05, 3.63) is 34.3 Å². The monoisotopic (exact) mass is 360 g/mol. The number of oxazole rings is 1. The molecule has 0 aliphatic carbocycles. The molecule has 140 valence electrons. The first-order chi connectivity index (χ1) is 12.5. The molecule has 0 bridgehead atoms. The smallest absolute Gasteiger partial charge is 0.408 e. The summed E-state index contributed by atoms with van der Waals surface area (Å²) in [4.78, 5) is 40.1. The van der Waals surface area contributed by atoms with Crippen molar-refractivity contribution in [3.63, 3.8) is 0 Å². The van der Waals surface area contributed by atoms with Crippen molar-refractivity contribution < 1.29 is 14.0 Å². The van der Waals surface area contributed by atoms with E-state index in [-0.39, 0.29) is 11.9 Å². The lowest BCUT2D eigenvalue weighted by atomic mass is 10.1. The van der Waals surface area contributed by atoms with Gasteiger partial charge in [-0.15, -0.1) is 0 Å². The molecule has 2 heterocycles. The molecule has 3 rings (SSSR count). The summed E-state index contributed by atoms with van der Waals surface area (Å²) in [7, 11) is 1.61. The van der Waals surface area contributed by atoms with Gasteiger partial charge in [0.05, 0.1) is 5.52 Å². The quantitative estimate of drug-likeness (QED) is 0.896. The van der Waals surface area contributed by atoms with E-state index >= 15 is 0 Å². The lowest BCUT2D eigenvalue weighted by molar-refractivity contribution is 0.0762. The molecule has 8 nitrogen and oxygen atoms in total. The van der Waals surface area contributed by atoms with Crippen LogP contribution in [0.15, 0.2) is 27.4 Å². The molecule has 8 heteroatoms. The number of fused-ring (bicyclic) bond motifs is 1. The number of amides is 3. The summed E-state index contributed by atoms with van der Waals surface area (Å²) in [6.45, 7) is 4.89. The van der Waals surface area contributed by atoms with E-state index in [9.17, 15) is 14.4 Å². The summed E-state index contributed by atoms with van der Waals surface area (Å²) in [5.41, 5.74) is 1.57. The summed E-state index contributed by atoms with van der Waals surface area (Å²) < 4.78 is 6.49. The molecule has 1 aliphatic rings. The minimum atomic E-state index is -0.451. The third kappa shape index (κ3) is 3.58. The van der Waals surface area contributed by atoms with E-state index in [1.165, 1.54) is 4.57 Å². The number of nitrogens with zero attached hydrogens (tertiary/aromatic N) is 3. The average molecular weight is 360 g/mol. The molecule has 2 aromatic rings. The summed E-state index contributed by atoms with van der Waals surface area (Å²) in [6, 6.07) is 4.92. The summed E-state index contributed by atoms with van der Waals surface area (Å²) >= 11 is 0. The molecule has 0 saturated carbocycles. The fraction of sp³-hybridized carbons (Fsp3) is 0.500. The number of benzene rings is 1. The summed E-state index contributed by atoms with van der Waals surface area (Å²) in [5.74, 6) is -0.551. The minimum absolute atomic E-state index is 0.0732. The van der Waals surface area contributed by atoms with Gasteiger partial charge in [-0.1, -0.05) is 6.92 Å². The second kappa shape index (κ2) is 7.63. The standard InChI is InChI=1S/C18H24N4O4/c1-3-7-19-17(24)22-9-4-8-21(10-11-22)16(23)13-5-6-15-14(12-13)20(2)18(25)26-15/h5-6,12H,3-4,7-11H2,1-2H3,(H,19,24). The number of aryl methyl sites for hydroxylation is 1. The van der Waals surface area contributed by atoms with Crippen molar-refractivity contribution in [2.75, 3.05) is 32.7 Å². The normalized spacial score (nSPS) is 15.2. The Morgan fingerprint density at radius 2 is 1.88 bits per heavy atom.